The van der Waals surface area contributed by atoms with Crippen molar-refractivity contribution in [3.05, 3.63) is 69.5 Å². The van der Waals surface area contributed by atoms with E-state index in [4.69, 9.17) is 4.52 Å². The van der Waals surface area contributed by atoms with Crippen molar-refractivity contribution >= 4 is 17.2 Å². The predicted octanol–water partition coefficient (Wildman–Crippen LogP) is 4.26. The van der Waals surface area contributed by atoms with Crippen LogP contribution in [0.5, 0.6) is 0 Å². The Bertz CT molecular complexity index is 969. The molecule has 1 atom stereocenters. The molecular formula is C19H16F3N3O2S. The number of thiophene rings is 1. The number of rotatable bonds is 5. The zero-order valence-corrected chi connectivity index (χ0v) is 15.5. The maximum Gasteiger partial charge on any atom is 0.416 e. The van der Waals surface area contributed by atoms with E-state index in [-0.39, 0.29) is 36.9 Å². The van der Waals surface area contributed by atoms with E-state index in [9.17, 15) is 18.0 Å². The number of nitrogens with zero attached hydrogens (tertiary/aromatic N) is 3. The minimum absolute atomic E-state index is 0.0792. The van der Waals surface area contributed by atoms with Crippen LogP contribution in [0, 0.1) is 0 Å². The van der Waals surface area contributed by atoms with E-state index in [2.05, 4.69) is 10.1 Å². The van der Waals surface area contributed by atoms with E-state index in [0.717, 1.165) is 10.9 Å². The number of alkyl halides is 3. The van der Waals surface area contributed by atoms with Crippen molar-refractivity contribution in [2.45, 2.75) is 31.5 Å². The van der Waals surface area contributed by atoms with Crippen molar-refractivity contribution in [2.75, 3.05) is 6.54 Å². The van der Waals surface area contributed by atoms with E-state index in [1.54, 1.807) is 17.4 Å². The van der Waals surface area contributed by atoms with Crippen LogP contribution in [0.4, 0.5) is 13.2 Å². The van der Waals surface area contributed by atoms with Crippen LogP contribution in [-0.2, 0) is 23.9 Å². The fourth-order valence-corrected chi connectivity index (χ4v) is 4.00. The smallest absolute Gasteiger partial charge is 0.339 e. The average Bonchev–Trinajstić information content (AvgIpc) is 3.38. The molecule has 146 valence electrons. The molecule has 0 radical (unpaired) electrons. The predicted molar refractivity (Wildman–Crippen MR) is 95.6 cm³/mol. The standard InChI is InChI=1S/C19H16F3N3O2S/c20-19(21,22)15-6-2-1-4-12(15)10-25-11-13(8-17(25)26)18-23-16(27-24-18)9-14-5-3-7-28-14/h1-7,13H,8-11H2. The van der Waals surface area contributed by atoms with Crippen LogP contribution in [0.2, 0.25) is 0 Å². The van der Waals surface area contributed by atoms with Crippen molar-refractivity contribution < 1.29 is 22.5 Å². The van der Waals surface area contributed by atoms with Gasteiger partial charge in [-0.25, -0.2) is 0 Å². The third-order valence-electron chi connectivity index (χ3n) is 4.65. The molecule has 0 N–H and O–H groups in total. The van der Waals surface area contributed by atoms with Gasteiger partial charge in [0.15, 0.2) is 5.82 Å². The third kappa shape index (κ3) is 3.94. The Morgan fingerprint density at radius 3 is 2.79 bits per heavy atom. The van der Waals surface area contributed by atoms with Crippen LogP contribution in [0.3, 0.4) is 0 Å². The molecule has 3 aromatic rings. The number of amides is 1. The zero-order valence-electron chi connectivity index (χ0n) is 14.6. The molecule has 3 heterocycles. The van der Waals surface area contributed by atoms with Crippen molar-refractivity contribution in [2.24, 2.45) is 0 Å². The summed E-state index contributed by atoms with van der Waals surface area (Å²) in [5.41, 5.74) is -0.639. The van der Waals surface area contributed by atoms with E-state index >= 15 is 0 Å². The lowest BCUT2D eigenvalue weighted by atomic mass is 10.1. The lowest BCUT2D eigenvalue weighted by molar-refractivity contribution is -0.139. The zero-order chi connectivity index (χ0) is 19.7. The summed E-state index contributed by atoms with van der Waals surface area (Å²) < 4.78 is 44.8. The molecule has 0 aliphatic carbocycles. The lowest BCUT2D eigenvalue weighted by Gasteiger charge is -2.19. The van der Waals surface area contributed by atoms with Gasteiger partial charge >= 0.3 is 6.18 Å². The summed E-state index contributed by atoms with van der Waals surface area (Å²) in [5, 5.41) is 5.93. The topological polar surface area (TPSA) is 59.2 Å². The summed E-state index contributed by atoms with van der Waals surface area (Å²) in [7, 11) is 0. The van der Waals surface area contributed by atoms with Crippen LogP contribution < -0.4 is 0 Å². The average molecular weight is 407 g/mol. The molecule has 1 amide bonds. The van der Waals surface area contributed by atoms with Gasteiger partial charge in [0, 0.05) is 30.3 Å². The van der Waals surface area contributed by atoms with Crippen molar-refractivity contribution in [1.29, 1.82) is 0 Å². The SMILES string of the molecule is O=C1CC(c2noc(Cc3cccs3)n2)CN1Cc1ccccc1C(F)(F)F. The second-order valence-corrected chi connectivity index (χ2v) is 7.66. The molecule has 1 aliphatic heterocycles. The molecule has 5 nitrogen and oxygen atoms in total. The van der Waals surface area contributed by atoms with Crippen LogP contribution in [-0.4, -0.2) is 27.5 Å². The van der Waals surface area contributed by atoms with Gasteiger partial charge in [-0.2, -0.15) is 18.2 Å². The minimum Gasteiger partial charge on any atom is -0.339 e. The summed E-state index contributed by atoms with van der Waals surface area (Å²) >= 11 is 1.58. The molecule has 2 aromatic heterocycles. The van der Waals surface area contributed by atoms with Gasteiger partial charge in [0.05, 0.1) is 12.0 Å². The largest absolute Gasteiger partial charge is 0.416 e. The molecule has 1 fully saturated rings. The third-order valence-corrected chi connectivity index (χ3v) is 5.53. The highest BCUT2D eigenvalue weighted by Crippen LogP contribution is 2.34. The van der Waals surface area contributed by atoms with Gasteiger partial charge in [-0.1, -0.05) is 29.4 Å². The van der Waals surface area contributed by atoms with Gasteiger partial charge in [0.2, 0.25) is 11.8 Å². The highest BCUT2D eigenvalue weighted by Gasteiger charge is 2.37. The molecule has 1 saturated heterocycles. The number of likely N-dealkylation sites (tertiary alicyclic amines) is 1. The van der Waals surface area contributed by atoms with Crippen LogP contribution in [0.25, 0.3) is 0 Å². The van der Waals surface area contributed by atoms with Crippen LogP contribution in [0.1, 0.15) is 40.1 Å². The summed E-state index contributed by atoms with van der Waals surface area (Å²) in [4.78, 5) is 19.2. The number of aromatic nitrogens is 2. The fraction of sp³-hybridized carbons (Fsp3) is 0.316. The summed E-state index contributed by atoms with van der Waals surface area (Å²) in [6.07, 6.45) is -3.77. The Balaban J connectivity index is 1.46. The first-order valence-corrected chi connectivity index (χ1v) is 9.56. The van der Waals surface area contributed by atoms with Crippen molar-refractivity contribution in [3.8, 4) is 0 Å². The van der Waals surface area contributed by atoms with Gasteiger partial charge < -0.3 is 9.42 Å². The van der Waals surface area contributed by atoms with Gasteiger partial charge in [-0.15, -0.1) is 11.3 Å². The maximum absolute atomic E-state index is 13.2. The molecule has 1 unspecified atom stereocenters. The number of hydrogen-bond donors (Lipinski definition) is 0. The molecule has 4 rings (SSSR count). The molecule has 9 heteroatoms. The lowest BCUT2D eigenvalue weighted by Crippen LogP contribution is -2.26. The Morgan fingerprint density at radius 1 is 1.21 bits per heavy atom. The van der Waals surface area contributed by atoms with Gasteiger partial charge in [-0.05, 0) is 23.1 Å². The number of hydrogen-bond acceptors (Lipinski definition) is 5. The highest BCUT2D eigenvalue weighted by atomic mass is 32.1. The Kier molecular flexibility index (Phi) is 4.92. The van der Waals surface area contributed by atoms with Crippen molar-refractivity contribution in [3.63, 3.8) is 0 Å². The Labute approximate surface area is 162 Å². The van der Waals surface area contributed by atoms with Gasteiger partial charge in [-0.3, -0.25) is 4.79 Å². The number of carbonyl (C=O) groups is 1. The first kappa shape index (κ1) is 18.7. The first-order chi connectivity index (χ1) is 13.4. The number of carbonyl (C=O) groups excluding carboxylic acids is 1. The molecule has 1 aliphatic rings. The van der Waals surface area contributed by atoms with E-state index in [1.165, 1.54) is 17.0 Å². The van der Waals surface area contributed by atoms with Crippen LogP contribution in [0.15, 0.2) is 46.3 Å². The maximum atomic E-state index is 13.2. The monoisotopic (exact) mass is 407 g/mol. The van der Waals surface area contributed by atoms with Gasteiger partial charge in [0.25, 0.3) is 0 Å². The summed E-state index contributed by atoms with van der Waals surface area (Å²) in [6, 6.07) is 9.21. The Morgan fingerprint density at radius 2 is 2.04 bits per heavy atom. The molecule has 28 heavy (non-hydrogen) atoms. The summed E-state index contributed by atoms with van der Waals surface area (Å²) in [5.74, 6) is 0.384. The van der Waals surface area contributed by atoms with Crippen LogP contribution >= 0.6 is 11.3 Å². The van der Waals surface area contributed by atoms with E-state index in [1.807, 2.05) is 17.5 Å². The molecule has 0 spiro atoms. The van der Waals surface area contributed by atoms with Crippen molar-refractivity contribution in [1.82, 2.24) is 15.0 Å². The number of halogens is 3. The summed E-state index contributed by atoms with van der Waals surface area (Å²) in [6.45, 7) is 0.175. The Hall–Kier alpha value is -2.68. The highest BCUT2D eigenvalue weighted by molar-refractivity contribution is 7.09. The fourth-order valence-electron chi connectivity index (χ4n) is 3.31. The van der Waals surface area contributed by atoms with Gasteiger partial charge in [0.1, 0.15) is 0 Å². The molecular weight excluding hydrogens is 391 g/mol. The molecule has 0 saturated carbocycles. The molecule has 1 aromatic carbocycles. The van der Waals surface area contributed by atoms with E-state index < -0.39 is 11.7 Å². The first-order valence-electron chi connectivity index (χ1n) is 8.68. The molecule has 0 bridgehead atoms. The number of benzene rings is 1. The minimum atomic E-state index is -4.46. The quantitative estimate of drug-likeness (QED) is 0.634. The second kappa shape index (κ2) is 7.38. The van der Waals surface area contributed by atoms with E-state index in [0.29, 0.717) is 18.1 Å². The second-order valence-electron chi connectivity index (χ2n) is 6.63. The normalized spacial score (nSPS) is 17.5.